The number of halogens is 2. The van der Waals surface area contributed by atoms with Gasteiger partial charge in [0.15, 0.2) is 11.6 Å². The number of ether oxygens (including phenoxy) is 1. The van der Waals surface area contributed by atoms with E-state index in [2.05, 4.69) is 0 Å². The molecule has 2 aromatic rings. The number of hydrogen-bond donors (Lipinski definition) is 0. The fraction of sp³-hybridized carbons (Fsp3) is 0.125. The van der Waals surface area contributed by atoms with Crippen molar-refractivity contribution in [2.75, 3.05) is 6.61 Å². The van der Waals surface area contributed by atoms with E-state index in [0.717, 1.165) is 5.56 Å². The Hall–Kier alpha value is -2.16. The number of hydrogen-bond acceptors (Lipinski definition) is 1. The second-order valence-corrected chi connectivity index (χ2v) is 3.96. The summed E-state index contributed by atoms with van der Waals surface area (Å²) < 4.78 is 32.4. The van der Waals surface area contributed by atoms with Crippen molar-refractivity contribution in [1.29, 1.82) is 0 Å². The Morgan fingerprint density at radius 3 is 2.37 bits per heavy atom. The maximum Gasteiger partial charge on any atom is 0.201 e. The van der Waals surface area contributed by atoms with Gasteiger partial charge in [0.2, 0.25) is 5.82 Å². The van der Waals surface area contributed by atoms with Crippen LogP contribution in [0.1, 0.15) is 18.1 Å². The van der Waals surface area contributed by atoms with Crippen LogP contribution in [0.3, 0.4) is 0 Å². The highest BCUT2D eigenvalue weighted by Crippen LogP contribution is 2.24. The monoisotopic (exact) mass is 260 g/mol. The first-order chi connectivity index (χ1) is 9.22. The average molecular weight is 260 g/mol. The molecular weight excluding hydrogens is 246 g/mol. The lowest BCUT2D eigenvalue weighted by Crippen LogP contribution is -1.98. The summed E-state index contributed by atoms with van der Waals surface area (Å²) in [5.41, 5.74) is 1.13. The summed E-state index contributed by atoms with van der Waals surface area (Å²) in [6.07, 6.45) is 3.28. The fourth-order valence-corrected chi connectivity index (χ4v) is 1.69. The first-order valence-corrected chi connectivity index (χ1v) is 6.06. The predicted molar refractivity (Wildman–Crippen MR) is 72.9 cm³/mol. The van der Waals surface area contributed by atoms with E-state index in [0.29, 0.717) is 6.61 Å². The lowest BCUT2D eigenvalue weighted by Gasteiger charge is -2.06. The van der Waals surface area contributed by atoms with Crippen LogP contribution >= 0.6 is 0 Å². The Labute approximate surface area is 111 Å². The number of rotatable bonds is 4. The van der Waals surface area contributed by atoms with Crippen LogP contribution in [-0.2, 0) is 0 Å². The summed E-state index contributed by atoms with van der Waals surface area (Å²) in [5.74, 6) is -1.90. The summed E-state index contributed by atoms with van der Waals surface area (Å²) in [4.78, 5) is 0. The zero-order valence-corrected chi connectivity index (χ0v) is 10.6. The minimum Gasteiger partial charge on any atom is -0.491 e. The van der Waals surface area contributed by atoms with Crippen molar-refractivity contribution in [2.24, 2.45) is 0 Å². The lowest BCUT2D eigenvalue weighted by molar-refractivity contribution is 0.314. The van der Waals surface area contributed by atoms with Gasteiger partial charge in [0.25, 0.3) is 0 Å². The van der Waals surface area contributed by atoms with Crippen molar-refractivity contribution in [2.45, 2.75) is 6.92 Å². The van der Waals surface area contributed by atoms with Crippen LogP contribution in [-0.4, -0.2) is 6.61 Å². The van der Waals surface area contributed by atoms with E-state index in [4.69, 9.17) is 4.74 Å². The molecule has 98 valence electrons. The topological polar surface area (TPSA) is 9.23 Å². The maximum atomic E-state index is 13.8. The van der Waals surface area contributed by atoms with E-state index in [1.165, 1.54) is 12.1 Å². The highest BCUT2D eigenvalue weighted by molar-refractivity contribution is 5.70. The smallest absolute Gasteiger partial charge is 0.201 e. The first kappa shape index (κ1) is 13.3. The molecule has 3 heteroatoms. The van der Waals surface area contributed by atoms with Gasteiger partial charge in [-0.1, -0.05) is 42.5 Å². The Balaban J connectivity index is 2.27. The molecule has 2 aromatic carbocycles. The van der Waals surface area contributed by atoms with Crippen molar-refractivity contribution in [3.05, 3.63) is 65.2 Å². The molecule has 1 nitrogen and oxygen atoms in total. The van der Waals surface area contributed by atoms with E-state index in [9.17, 15) is 8.78 Å². The minimum absolute atomic E-state index is 0.0585. The van der Waals surface area contributed by atoms with Gasteiger partial charge in [0.05, 0.1) is 6.61 Å². The van der Waals surface area contributed by atoms with Gasteiger partial charge >= 0.3 is 0 Å². The van der Waals surface area contributed by atoms with Crippen molar-refractivity contribution in [3.63, 3.8) is 0 Å². The number of benzene rings is 2. The molecule has 19 heavy (non-hydrogen) atoms. The average Bonchev–Trinajstić information content (AvgIpc) is 2.44. The summed E-state index contributed by atoms with van der Waals surface area (Å²) >= 11 is 0. The molecule has 0 atom stereocenters. The third-order valence-corrected chi connectivity index (χ3v) is 2.63. The van der Waals surface area contributed by atoms with Crippen molar-refractivity contribution in [1.82, 2.24) is 0 Å². The Morgan fingerprint density at radius 2 is 1.68 bits per heavy atom. The van der Waals surface area contributed by atoms with Gasteiger partial charge in [-0.25, -0.2) is 4.39 Å². The van der Waals surface area contributed by atoms with E-state index in [1.54, 1.807) is 19.1 Å². The van der Waals surface area contributed by atoms with Crippen LogP contribution in [0.5, 0.6) is 5.75 Å². The summed E-state index contributed by atoms with van der Waals surface area (Å²) in [5, 5.41) is 0. The molecule has 0 N–H and O–H groups in total. The van der Waals surface area contributed by atoms with E-state index >= 15 is 0 Å². The Bertz CT molecular complexity index is 577. The summed E-state index contributed by atoms with van der Waals surface area (Å²) in [6, 6.07) is 12.4. The van der Waals surface area contributed by atoms with Crippen LogP contribution in [0.2, 0.25) is 0 Å². The van der Waals surface area contributed by atoms with Crippen LogP contribution in [0.15, 0.2) is 42.5 Å². The third-order valence-electron chi connectivity index (χ3n) is 2.63. The van der Waals surface area contributed by atoms with E-state index in [1.807, 2.05) is 30.3 Å². The molecule has 0 unspecified atom stereocenters. The predicted octanol–water partition coefficient (Wildman–Crippen LogP) is 4.53. The summed E-state index contributed by atoms with van der Waals surface area (Å²) in [6.45, 7) is 2.02. The van der Waals surface area contributed by atoms with Gasteiger partial charge in [0, 0.05) is 5.56 Å². The van der Waals surface area contributed by atoms with Crippen molar-refractivity contribution >= 4 is 12.2 Å². The van der Waals surface area contributed by atoms with Crippen LogP contribution in [0.4, 0.5) is 8.78 Å². The van der Waals surface area contributed by atoms with Crippen LogP contribution in [0, 0.1) is 11.6 Å². The van der Waals surface area contributed by atoms with E-state index in [-0.39, 0.29) is 11.3 Å². The van der Waals surface area contributed by atoms with Crippen molar-refractivity contribution in [3.8, 4) is 5.75 Å². The molecule has 0 aromatic heterocycles. The van der Waals surface area contributed by atoms with E-state index < -0.39 is 11.6 Å². The molecule has 0 bridgehead atoms. The van der Waals surface area contributed by atoms with Gasteiger partial charge in [-0.15, -0.1) is 0 Å². The van der Waals surface area contributed by atoms with Gasteiger partial charge in [-0.2, -0.15) is 4.39 Å². The molecule has 0 aliphatic carbocycles. The SMILES string of the molecule is CCOc1ccc(C=Cc2ccccc2)c(F)c1F. The minimum atomic E-state index is -0.947. The van der Waals surface area contributed by atoms with Crippen molar-refractivity contribution < 1.29 is 13.5 Å². The molecule has 0 radical (unpaired) electrons. The molecule has 0 aliphatic heterocycles. The normalized spacial score (nSPS) is 10.9. The largest absolute Gasteiger partial charge is 0.491 e. The molecule has 0 amide bonds. The van der Waals surface area contributed by atoms with Crippen LogP contribution in [0.25, 0.3) is 12.2 Å². The van der Waals surface area contributed by atoms with Gasteiger partial charge in [0.1, 0.15) is 0 Å². The highest BCUT2D eigenvalue weighted by Gasteiger charge is 2.12. The zero-order chi connectivity index (χ0) is 13.7. The molecule has 2 rings (SSSR count). The standard InChI is InChI=1S/C16H14F2O/c1-2-19-14-11-10-13(15(17)16(14)18)9-8-12-6-4-3-5-7-12/h3-11H,2H2,1H3. The molecule has 0 saturated heterocycles. The van der Waals surface area contributed by atoms with Crippen LogP contribution < -0.4 is 4.74 Å². The molecule has 0 fully saturated rings. The molecular formula is C16H14F2O. The van der Waals surface area contributed by atoms with Gasteiger partial charge in [-0.05, 0) is 24.6 Å². The summed E-state index contributed by atoms with van der Waals surface area (Å²) in [7, 11) is 0. The molecule has 0 heterocycles. The Morgan fingerprint density at radius 1 is 0.947 bits per heavy atom. The molecule has 0 aliphatic rings. The maximum absolute atomic E-state index is 13.8. The quantitative estimate of drug-likeness (QED) is 0.734. The lowest BCUT2D eigenvalue weighted by atomic mass is 10.1. The van der Waals surface area contributed by atoms with Gasteiger partial charge in [-0.3, -0.25) is 0 Å². The fourth-order valence-electron chi connectivity index (χ4n) is 1.69. The first-order valence-electron chi connectivity index (χ1n) is 6.06. The molecule has 0 saturated carbocycles. The highest BCUT2D eigenvalue weighted by atomic mass is 19.2. The second kappa shape index (κ2) is 6.14. The molecule has 0 spiro atoms. The Kier molecular flexibility index (Phi) is 4.29. The second-order valence-electron chi connectivity index (χ2n) is 3.96. The zero-order valence-electron chi connectivity index (χ0n) is 10.6. The third kappa shape index (κ3) is 3.19. The van der Waals surface area contributed by atoms with Gasteiger partial charge < -0.3 is 4.74 Å².